The maximum atomic E-state index is 6.19. The van der Waals surface area contributed by atoms with Crippen LogP contribution in [0.2, 0.25) is 8.67 Å². The summed E-state index contributed by atoms with van der Waals surface area (Å²) in [5.41, 5.74) is 8.12. The molecule has 0 saturated heterocycles. The predicted molar refractivity (Wildman–Crippen MR) is 84.5 cm³/mol. The average Bonchev–Trinajstić information content (AvgIpc) is 2.77. The second-order valence-corrected chi connectivity index (χ2v) is 6.57. The molecule has 1 heterocycles. The molecule has 2 N–H and O–H groups in total. The normalized spacial score (nSPS) is 12.2. The molecule has 1 atom stereocenters. The fourth-order valence-electron chi connectivity index (χ4n) is 1.98. The highest BCUT2D eigenvalue weighted by molar-refractivity contribution is 7.20. The molecular weight excluding hydrogens is 317 g/mol. The first-order valence-corrected chi connectivity index (χ1v) is 7.53. The number of methoxy groups -OCH3 is 2. The molecule has 0 saturated carbocycles. The number of hydrogen-bond acceptors (Lipinski definition) is 4. The summed E-state index contributed by atoms with van der Waals surface area (Å²) >= 11 is 13.4. The SMILES string of the molecule is COc1ccc(CC(N)c2cc(Cl)sc2Cl)cc1OC. The quantitative estimate of drug-likeness (QED) is 0.887. The highest BCUT2D eigenvalue weighted by atomic mass is 35.5. The minimum absolute atomic E-state index is 0.204. The van der Waals surface area contributed by atoms with Gasteiger partial charge in [0.15, 0.2) is 11.5 Å². The van der Waals surface area contributed by atoms with Gasteiger partial charge < -0.3 is 15.2 Å². The lowest BCUT2D eigenvalue weighted by molar-refractivity contribution is 0.354. The molecule has 0 aliphatic heterocycles. The Kier molecular flexibility index (Phi) is 5.16. The van der Waals surface area contributed by atoms with Gasteiger partial charge in [-0.25, -0.2) is 0 Å². The van der Waals surface area contributed by atoms with Gasteiger partial charge in [-0.15, -0.1) is 11.3 Å². The summed E-state index contributed by atoms with van der Waals surface area (Å²) < 4.78 is 11.8. The van der Waals surface area contributed by atoms with Gasteiger partial charge in [-0.05, 0) is 30.2 Å². The zero-order valence-corrected chi connectivity index (χ0v) is 13.5. The smallest absolute Gasteiger partial charge is 0.160 e. The molecule has 1 aromatic heterocycles. The van der Waals surface area contributed by atoms with Crippen LogP contribution >= 0.6 is 34.5 Å². The number of benzene rings is 1. The van der Waals surface area contributed by atoms with E-state index in [-0.39, 0.29) is 6.04 Å². The van der Waals surface area contributed by atoms with E-state index < -0.39 is 0 Å². The summed E-state index contributed by atoms with van der Waals surface area (Å²) in [7, 11) is 3.22. The Morgan fingerprint density at radius 3 is 2.40 bits per heavy atom. The van der Waals surface area contributed by atoms with Crippen LogP contribution in [-0.4, -0.2) is 14.2 Å². The Balaban J connectivity index is 2.19. The van der Waals surface area contributed by atoms with E-state index >= 15 is 0 Å². The van der Waals surface area contributed by atoms with Gasteiger partial charge in [0.1, 0.15) is 0 Å². The molecular formula is C14H15Cl2NO2S. The van der Waals surface area contributed by atoms with Crippen molar-refractivity contribution in [2.45, 2.75) is 12.5 Å². The number of rotatable bonds is 5. The molecule has 20 heavy (non-hydrogen) atoms. The zero-order valence-electron chi connectivity index (χ0n) is 11.2. The third-order valence-electron chi connectivity index (χ3n) is 2.99. The van der Waals surface area contributed by atoms with Gasteiger partial charge in [0.2, 0.25) is 0 Å². The van der Waals surface area contributed by atoms with Crippen molar-refractivity contribution in [1.29, 1.82) is 0 Å². The van der Waals surface area contributed by atoms with Gasteiger partial charge in [-0.1, -0.05) is 29.3 Å². The first kappa shape index (κ1) is 15.4. The Morgan fingerprint density at radius 2 is 1.85 bits per heavy atom. The van der Waals surface area contributed by atoms with Crippen molar-refractivity contribution in [3.05, 3.63) is 44.1 Å². The molecule has 0 bridgehead atoms. The number of ether oxygens (including phenoxy) is 2. The maximum Gasteiger partial charge on any atom is 0.160 e. The summed E-state index contributed by atoms with van der Waals surface area (Å²) in [6.45, 7) is 0. The van der Waals surface area contributed by atoms with Crippen LogP contribution < -0.4 is 15.2 Å². The lowest BCUT2D eigenvalue weighted by Gasteiger charge is -2.13. The van der Waals surface area contributed by atoms with Crippen LogP contribution in [0, 0.1) is 0 Å². The molecule has 6 heteroatoms. The van der Waals surface area contributed by atoms with E-state index in [1.165, 1.54) is 11.3 Å². The Labute approximate surface area is 132 Å². The van der Waals surface area contributed by atoms with Crippen molar-refractivity contribution >= 4 is 34.5 Å². The minimum atomic E-state index is -0.204. The molecule has 0 radical (unpaired) electrons. The van der Waals surface area contributed by atoms with E-state index in [9.17, 15) is 0 Å². The summed E-state index contributed by atoms with van der Waals surface area (Å²) in [5, 5.41) is 0. The molecule has 1 aromatic carbocycles. The van der Waals surface area contributed by atoms with Crippen LogP contribution in [0.25, 0.3) is 0 Å². The van der Waals surface area contributed by atoms with Gasteiger partial charge in [0.25, 0.3) is 0 Å². The fourth-order valence-corrected chi connectivity index (χ4v) is 3.57. The van der Waals surface area contributed by atoms with Gasteiger partial charge in [0.05, 0.1) is 22.9 Å². The lowest BCUT2D eigenvalue weighted by Crippen LogP contribution is -2.13. The van der Waals surface area contributed by atoms with Crippen LogP contribution in [0.15, 0.2) is 24.3 Å². The first-order valence-electron chi connectivity index (χ1n) is 5.96. The van der Waals surface area contributed by atoms with Crippen LogP contribution in [0.3, 0.4) is 0 Å². The predicted octanol–water partition coefficient (Wildman–Crippen LogP) is 4.31. The number of thiophene rings is 1. The van der Waals surface area contributed by atoms with E-state index in [1.54, 1.807) is 14.2 Å². The van der Waals surface area contributed by atoms with E-state index in [0.29, 0.717) is 26.6 Å². The second kappa shape index (κ2) is 6.68. The molecule has 2 rings (SSSR count). The van der Waals surface area contributed by atoms with Gasteiger partial charge in [0, 0.05) is 11.6 Å². The van der Waals surface area contributed by atoms with Crippen molar-refractivity contribution in [3.63, 3.8) is 0 Å². The Morgan fingerprint density at radius 1 is 1.15 bits per heavy atom. The maximum absolute atomic E-state index is 6.19. The van der Waals surface area contributed by atoms with Crippen molar-refractivity contribution in [2.24, 2.45) is 5.73 Å². The summed E-state index contributed by atoms with van der Waals surface area (Å²) in [5.74, 6) is 1.38. The van der Waals surface area contributed by atoms with E-state index in [2.05, 4.69) is 0 Å². The van der Waals surface area contributed by atoms with Gasteiger partial charge >= 0.3 is 0 Å². The largest absolute Gasteiger partial charge is 0.493 e. The third-order valence-corrected chi connectivity index (χ3v) is 4.50. The topological polar surface area (TPSA) is 44.5 Å². The minimum Gasteiger partial charge on any atom is -0.493 e. The summed E-state index contributed by atoms with van der Waals surface area (Å²) in [4.78, 5) is 0. The monoisotopic (exact) mass is 331 g/mol. The van der Waals surface area contributed by atoms with Crippen molar-refractivity contribution in [2.75, 3.05) is 14.2 Å². The molecule has 0 aliphatic rings. The number of halogens is 2. The number of hydrogen-bond donors (Lipinski definition) is 1. The molecule has 0 spiro atoms. The van der Waals surface area contributed by atoms with Gasteiger partial charge in [-0.3, -0.25) is 0 Å². The van der Waals surface area contributed by atoms with Crippen LogP contribution in [0.4, 0.5) is 0 Å². The standard InChI is InChI=1S/C14H15Cl2NO2S/c1-18-11-4-3-8(6-12(11)19-2)5-10(17)9-7-13(15)20-14(9)16/h3-4,6-7,10H,5,17H2,1-2H3. The van der Waals surface area contributed by atoms with Crippen LogP contribution in [-0.2, 0) is 6.42 Å². The van der Waals surface area contributed by atoms with E-state index in [0.717, 1.165) is 11.1 Å². The molecule has 0 amide bonds. The number of nitrogens with two attached hydrogens (primary N) is 1. The molecule has 2 aromatic rings. The van der Waals surface area contributed by atoms with Crippen molar-refractivity contribution in [3.8, 4) is 11.5 Å². The van der Waals surface area contributed by atoms with Crippen molar-refractivity contribution < 1.29 is 9.47 Å². The highest BCUT2D eigenvalue weighted by Gasteiger charge is 2.15. The molecule has 108 valence electrons. The van der Waals surface area contributed by atoms with Crippen molar-refractivity contribution in [1.82, 2.24) is 0 Å². The van der Waals surface area contributed by atoms with Crippen LogP contribution in [0.1, 0.15) is 17.2 Å². The second-order valence-electron chi connectivity index (χ2n) is 4.28. The molecule has 0 aliphatic carbocycles. The highest BCUT2D eigenvalue weighted by Crippen LogP contribution is 2.36. The molecule has 1 unspecified atom stereocenters. The average molecular weight is 332 g/mol. The van der Waals surface area contributed by atoms with E-state index in [1.807, 2.05) is 24.3 Å². The molecule has 3 nitrogen and oxygen atoms in total. The Bertz CT molecular complexity index is 601. The Hall–Kier alpha value is -0.940. The first-order chi connectivity index (χ1) is 9.55. The lowest BCUT2D eigenvalue weighted by atomic mass is 10.0. The van der Waals surface area contributed by atoms with Crippen LogP contribution in [0.5, 0.6) is 11.5 Å². The summed E-state index contributed by atoms with van der Waals surface area (Å²) in [6, 6.07) is 7.36. The van der Waals surface area contributed by atoms with E-state index in [4.69, 9.17) is 38.4 Å². The fraction of sp³-hybridized carbons (Fsp3) is 0.286. The third kappa shape index (κ3) is 3.38. The summed E-state index contributed by atoms with van der Waals surface area (Å²) in [6.07, 6.45) is 0.646. The molecule has 0 fully saturated rings. The van der Waals surface area contributed by atoms with Gasteiger partial charge in [-0.2, -0.15) is 0 Å². The zero-order chi connectivity index (χ0) is 14.7.